The van der Waals surface area contributed by atoms with E-state index in [4.69, 9.17) is 21.8 Å². The van der Waals surface area contributed by atoms with Crippen LogP contribution in [0.15, 0.2) is 0 Å². The van der Waals surface area contributed by atoms with Crippen LogP contribution in [0.1, 0.15) is 12.8 Å². The Hall–Kier alpha value is -0.320. The van der Waals surface area contributed by atoms with Crippen LogP contribution < -0.4 is 0 Å². The Balaban J connectivity index is 3.25. The molecule has 0 rings (SSSR count). The smallest absolute Gasteiger partial charge is 0.406 e. The molecule has 0 amide bonds. The molecule has 0 saturated carbocycles. The Morgan fingerprint density at radius 2 is 2.30 bits per heavy atom. The van der Waals surface area contributed by atoms with Gasteiger partial charge in [0.1, 0.15) is 0 Å². The van der Waals surface area contributed by atoms with E-state index in [0.29, 0.717) is 6.42 Å². The van der Waals surface area contributed by atoms with E-state index in [1.807, 2.05) is 0 Å². The topological polar surface area (TPSA) is 66.8 Å². The van der Waals surface area contributed by atoms with E-state index in [9.17, 15) is 4.79 Å². The number of rotatable bonds is 4. The number of hydrogen-bond donors (Lipinski definition) is 2. The Morgan fingerprint density at radius 1 is 1.70 bits per heavy atom. The second kappa shape index (κ2) is 5.46. The molecule has 1 atom stereocenters. The third-order valence-electron chi connectivity index (χ3n) is 0.838. The van der Waals surface area contributed by atoms with Gasteiger partial charge < -0.3 is 14.9 Å². The average molecular weight is 169 g/mol. The zero-order valence-electron chi connectivity index (χ0n) is 5.29. The third kappa shape index (κ3) is 5.81. The van der Waals surface area contributed by atoms with Gasteiger partial charge in [-0.25, -0.2) is 4.79 Å². The lowest BCUT2D eigenvalue weighted by Gasteiger charge is -2.07. The van der Waals surface area contributed by atoms with Crippen molar-refractivity contribution in [1.82, 2.24) is 0 Å². The molecular formula is C5H9ClO4. The van der Waals surface area contributed by atoms with E-state index < -0.39 is 11.7 Å². The molecule has 2 N–H and O–H groups in total. The first-order valence-electron chi connectivity index (χ1n) is 2.82. The van der Waals surface area contributed by atoms with Gasteiger partial charge in [0.05, 0.1) is 0 Å². The Bertz CT molecular complexity index is 106. The van der Waals surface area contributed by atoms with Crippen LogP contribution in [0.2, 0.25) is 0 Å². The van der Waals surface area contributed by atoms with Gasteiger partial charge in [0.25, 0.3) is 0 Å². The van der Waals surface area contributed by atoms with Crippen molar-refractivity contribution in [2.45, 2.75) is 19.1 Å². The van der Waals surface area contributed by atoms with Crippen molar-refractivity contribution in [2.24, 2.45) is 0 Å². The van der Waals surface area contributed by atoms with Crippen LogP contribution in [0, 0.1) is 0 Å². The first-order valence-corrected chi connectivity index (χ1v) is 3.19. The predicted molar refractivity (Wildman–Crippen MR) is 34.7 cm³/mol. The molecule has 0 aliphatic heterocycles. The van der Waals surface area contributed by atoms with Gasteiger partial charge in [-0.1, -0.05) is 0 Å². The average Bonchev–Trinajstić information content (AvgIpc) is 1.82. The fourth-order valence-electron chi connectivity index (χ4n) is 0.432. The van der Waals surface area contributed by atoms with Crippen LogP contribution >= 0.6 is 11.6 Å². The minimum absolute atomic E-state index is 0.0447. The highest BCUT2D eigenvalue weighted by atomic mass is 35.5. The maximum atomic E-state index is 9.94. The number of carbonyl (C=O) groups is 1. The van der Waals surface area contributed by atoms with E-state index in [2.05, 4.69) is 4.74 Å². The molecule has 4 nitrogen and oxygen atoms in total. The van der Waals surface area contributed by atoms with Crippen molar-refractivity contribution >= 4 is 17.0 Å². The molecule has 0 heterocycles. The maximum absolute atomic E-state index is 9.94. The van der Waals surface area contributed by atoms with E-state index >= 15 is 0 Å². The first-order chi connectivity index (χ1) is 4.66. The Kier molecular flexibility index (Phi) is 5.29. The predicted octanol–water partition coefficient (Wildman–Crippen LogP) is 0.453. The van der Waals surface area contributed by atoms with Crippen molar-refractivity contribution in [3.05, 3.63) is 0 Å². The lowest BCUT2D eigenvalue weighted by Crippen LogP contribution is -2.13. The highest BCUT2D eigenvalue weighted by Crippen LogP contribution is 2.00. The van der Waals surface area contributed by atoms with Crippen LogP contribution in [0.4, 0.5) is 4.79 Å². The number of hydrogen-bond acceptors (Lipinski definition) is 4. The van der Waals surface area contributed by atoms with Crippen LogP contribution in [0.3, 0.4) is 0 Å². The summed E-state index contributed by atoms with van der Waals surface area (Å²) in [4.78, 5) is 9.94. The highest BCUT2D eigenvalue weighted by Gasteiger charge is 2.06. The zero-order chi connectivity index (χ0) is 7.98. The van der Waals surface area contributed by atoms with Gasteiger partial charge in [0.15, 0.2) is 0 Å². The summed E-state index contributed by atoms with van der Waals surface area (Å²) >= 11 is 4.77. The van der Waals surface area contributed by atoms with Crippen LogP contribution in [0.25, 0.3) is 0 Å². The molecule has 1 unspecified atom stereocenters. The summed E-state index contributed by atoms with van der Waals surface area (Å²) in [6.07, 6.45) is -0.613. The van der Waals surface area contributed by atoms with Gasteiger partial charge in [0, 0.05) is 24.6 Å². The Morgan fingerprint density at radius 3 is 2.70 bits per heavy atom. The maximum Gasteiger partial charge on any atom is 0.406 e. The minimum Gasteiger partial charge on any atom is -0.424 e. The molecule has 0 radical (unpaired) electrons. The lowest BCUT2D eigenvalue weighted by molar-refractivity contribution is -0.0499. The van der Waals surface area contributed by atoms with Crippen LogP contribution in [-0.2, 0) is 4.74 Å². The third-order valence-corrected chi connectivity index (χ3v) is 0.927. The quantitative estimate of drug-likeness (QED) is 0.473. The molecule has 0 aromatic rings. The van der Waals surface area contributed by atoms with Gasteiger partial charge in [-0.15, -0.1) is 0 Å². The molecule has 5 heteroatoms. The minimum atomic E-state index is -1.20. The fourth-order valence-corrected chi connectivity index (χ4v) is 0.535. The largest absolute Gasteiger partial charge is 0.424 e. The summed E-state index contributed by atoms with van der Waals surface area (Å²) in [6, 6.07) is 0. The van der Waals surface area contributed by atoms with E-state index in [1.54, 1.807) is 0 Å². The van der Waals surface area contributed by atoms with Gasteiger partial charge in [-0.05, 0) is 6.42 Å². The Labute approximate surface area is 63.4 Å². The normalized spacial score (nSPS) is 12.7. The number of halogens is 1. The summed E-state index contributed by atoms with van der Waals surface area (Å²) in [7, 11) is 0. The van der Waals surface area contributed by atoms with Gasteiger partial charge in [-0.2, -0.15) is 0 Å². The van der Waals surface area contributed by atoms with E-state index in [-0.39, 0.29) is 13.0 Å². The van der Waals surface area contributed by atoms with E-state index in [0.717, 1.165) is 0 Å². The molecule has 0 aliphatic rings. The molecule has 0 aliphatic carbocycles. The second-order valence-electron chi connectivity index (χ2n) is 1.68. The van der Waals surface area contributed by atoms with Crippen LogP contribution in [0.5, 0.6) is 0 Å². The van der Waals surface area contributed by atoms with Crippen LogP contribution in [-0.4, -0.2) is 28.5 Å². The monoisotopic (exact) mass is 168 g/mol. The van der Waals surface area contributed by atoms with Gasteiger partial charge in [-0.3, -0.25) is 0 Å². The summed E-state index contributed by atoms with van der Waals surface area (Å²) < 4.78 is 4.12. The molecule has 0 fully saturated rings. The molecule has 10 heavy (non-hydrogen) atoms. The van der Waals surface area contributed by atoms with E-state index in [1.165, 1.54) is 0 Å². The molecule has 0 aromatic heterocycles. The highest BCUT2D eigenvalue weighted by molar-refractivity contribution is 6.61. The van der Waals surface area contributed by atoms with Crippen molar-refractivity contribution < 1.29 is 19.7 Å². The molecule has 0 bridgehead atoms. The second-order valence-corrected chi connectivity index (χ2v) is 1.98. The molecule has 0 spiro atoms. The van der Waals surface area contributed by atoms with Crippen molar-refractivity contribution in [1.29, 1.82) is 0 Å². The molecule has 0 aromatic carbocycles. The fraction of sp³-hybridized carbons (Fsp3) is 0.800. The lowest BCUT2D eigenvalue weighted by atomic mass is 10.3. The van der Waals surface area contributed by atoms with Gasteiger partial charge >= 0.3 is 5.43 Å². The molecule has 60 valence electrons. The summed E-state index contributed by atoms with van der Waals surface area (Å²) in [5.74, 6) is 0. The SMILES string of the molecule is O=C(Cl)OC(O)CCCO. The zero-order valence-corrected chi connectivity index (χ0v) is 6.04. The molecular weight excluding hydrogens is 160 g/mol. The number of aliphatic hydroxyl groups excluding tert-OH is 2. The molecule has 0 saturated heterocycles. The van der Waals surface area contributed by atoms with Crippen molar-refractivity contribution in [3.8, 4) is 0 Å². The number of ether oxygens (including phenoxy) is 1. The van der Waals surface area contributed by atoms with Crippen molar-refractivity contribution in [3.63, 3.8) is 0 Å². The number of carbonyl (C=O) groups excluding carboxylic acids is 1. The van der Waals surface area contributed by atoms with Gasteiger partial charge in [0.2, 0.25) is 6.29 Å². The standard InChI is InChI=1S/C5H9ClO4/c6-5(9)10-4(8)2-1-3-7/h4,7-8H,1-3H2. The first kappa shape index (κ1) is 9.68. The number of aliphatic hydroxyl groups is 2. The van der Waals surface area contributed by atoms with Crippen molar-refractivity contribution in [2.75, 3.05) is 6.61 Å². The summed E-state index contributed by atoms with van der Waals surface area (Å²) in [6.45, 7) is -0.0447. The summed E-state index contributed by atoms with van der Waals surface area (Å²) in [5.41, 5.74) is -1.04. The summed E-state index contributed by atoms with van der Waals surface area (Å²) in [5, 5.41) is 17.0.